The molecule has 1 heterocycles. The Balaban J connectivity index is 2.22. The summed E-state index contributed by atoms with van der Waals surface area (Å²) >= 11 is 0. The maximum Gasteiger partial charge on any atom is 0.0908 e. The van der Waals surface area contributed by atoms with Gasteiger partial charge < -0.3 is 9.47 Å². The minimum absolute atomic E-state index is 0.0238. The molecule has 0 unspecified atom stereocenters. The second kappa shape index (κ2) is 3.35. The number of hydrogen-bond donors (Lipinski definition) is 0. The largest absolute Gasteiger partial charge is 0.378 e. The normalized spacial score (nSPS) is 33.0. The second-order valence-corrected chi connectivity index (χ2v) is 3.10. The van der Waals surface area contributed by atoms with Gasteiger partial charge in [0.1, 0.15) is 0 Å². The lowest BCUT2D eigenvalue weighted by Gasteiger charge is -2.21. The minimum Gasteiger partial charge on any atom is -0.378 e. The molecular weight excluding hydrogens is 128 g/mol. The van der Waals surface area contributed by atoms with Crippen LogP contribution in [0.5, 0.6) is 0 Å². The molecule has 1 aliphatic heterocycles. The molecule has 0 N–H and O–H groups in total. The molecule has 2 heteroatoms. The van der Waals surface area contributed by atoms with Gasteiger partial charge in [-0.05, 0) is 13.3 Å². The monoisotopic (exact) mass is 144 g/mol. The molecule has 0 saturated carbocycles. The Kier molecular flexibility index (Phi) is 2.69. The van der Waals surface area contributed by atoms with E-state index in [1.165, 1.54) is 0 Å². The summed E-state index contributed by atoms with van der Waals surface area (Å²) in [6.45, 7) is 6.74. The van der Waals surface area contributed by atoms with Crippen molar-refractivity contribution in [1.82, 2.24) is 0 Å². The summed E-state index contributed by atoms with van der Waals surface area (Å²) in [5.74, 6) is 0. The van der Waals surface area contributed by atoms with E-state index in [0.717, 1.165) is 32.7 Å². The maximum atomic E-state index is 5.61. The van der Waals surface area contributed by atoms with Crippen molar-refractivity contribution in [2.75, 3.05) is 19.8 Å². The first-order valence-electron chi connectivity index (χ1n) is 3.98. The van der Waals surface area contributed by atoms with Gasteiger partial charge in [-0.1, -0.05) is 6.92 Å². The molecule has 0 radical (unpaired) electrons. The zero-order chi connectivity index (χ0) is 7.45. The molecule has 2 nitrogen and oxygen atoms in total. The van der Waals surface area contributed by atoms with Gasteiger partial charge in [0.25, 0.3) is 0 Å². The van der Waals surface area contributed by atoms with Crippen molar-refractivity contribution >= 4 is 0 Å². The topological polar surface area (TPSA) is 18.5 Å². The average Bonchev–Trinajstić information content (AvgIpc) is 2.33. The summed E-state index contributed by atoms with van der Waals surface area (Å²) in [5, 5.41) is 0. The van der Waals surface area contributed by atoms with Crippen molar-refractivity contribution in [3.8, 4) is 0 Å². The van der Waals surface area contributed by atoms with Crippen LogP contribution in [0.2, 0.25) is 0 Å². The summed E-state index contributed by atoms with van der Waals surface area (Å²) in [5.41, 5.74) is 0.0238. The van der Waals surface area contributed by atoms with Gasteiger partial charge in [-0.25, -0.2) is 0 Å². The molecule has 0 aromatic heterocycles. The summed E-state index contributed by atoms with van der Waals surface area (Å²) in [6, 6.07) is 0. The Hall–Kier alpha value is -0.0800. The molecule has 0 aliphatic carbocycles. The standard InChI is InChI=1S/C8H16O2/c1-3-5-10-8(2)4-6-9-7-8/h3-7H2,1-2H3/t8-/m1/s1. The smallest absolute Gasteiger partial charge is 0.0908 e. The Morgan fingerprint density at radius 2 is 2.40 bits per heavy atom. The van der Waals surface area contributed by atoms with Crippen molar-refractivity contribution in [2.45, 2.75) is 32.3 Å². The Labute approximate surface area is 62.5 Å². The Bertz CT molecular complexity index is 95.4. The zero-order valence-electron chi connectivity index (χ0n) is 6.85. The molecule has 0 amide bonds. The lowest BCUT2D eigenvalue weighted by molar-refractivity contribution is -0.0353. The fourth-order valence-corrected chi connectivity index (χ4v) is 1.11. The Morgan fingerprint density at radius 3 is 2.90 bits per heavy atom. The predicted octanol–water partition coefficient (Wildman–Crippen LogP) is 1.59. The first-order valence-corrected chi connectivity index (χ1v) is 3.98. The van der Waals surface area contributed by atoms with E-state index in [4.69, 9.17) is 9.47 Å². The highest BCUT2D eigenvalue weighted by atomic mass is 16.6. The molecule has 0 bridgehead atoms. The van der Waals surface area contributed by atoms with E-state index in [0.29, 0.717) is 0 Å². The fraction of sp³-hybridized carbons (Fsp3) is 1.00. The van der Waals surface area contributed by atoms with Crippen molar-refractivity contribution in [3.63, 3.8) is 0 Å². The lowest BCUT2D eigenvalue weighted by atomic mass is 10.1. The van der Waals surface area contributed by atoms with Gasteiger partial charge >= 0.3 is 0 Å². The van der Waals surface area contributed by atoms with E-state index < -0.39 is 0 Å². The summed E-state index contributed by atoms with van der Waals surface area (Å²) in [6.07, 6.45) is 2.14. The maximum absolute atomic E-state index is 5.61. The van der Waals surface area contributed by atoms with E-state index >= 15 is 0 Å². The van der Waals surface area contributed by atoms with Gasteiger partial charge in [-0.2, -0.15) is 0 Å². The van der Waals surface area contributed by atoms with E-state index in [9.17, 15) is 0 Å². The number of rotatable bonds is 3. The van der Waals surface area contributed by atoms with E-state index in [2.05, 4.69) is 13.8 Å². The predicted molar refractivity (Wildman–Crippen MR) is 40.1 cm³/mol. The summed E-state index contributed by atoms with van der Waals surface area (Å²) in [7, 11) is 0. The van der Waals surface area contributed by atoms with Crippen LogP contribution in [0, 0.1) is 0 Å². The fourth-order valence-electron chi connectivity index (χ4n) is 1.11. The van der Waals surface area contributed by atoms with Gasteiger partial charge in [0.15, 0.2) is 0 Å². The third-order valence-corrected chi connectivity index (χ3v) is 1.84. The molecule has 0 spiro atoms. The molecule has 1 fully saturated rings. The van der Waals surface area contributed by atoms with Gasteiger partial charge in [0, 0.05) is 19.6 Å². The van der Waals surface area contributed by atoms with Crippen LogP contribution in [-0.4, -0.2) is 25.4 Å². The molecule has 1 rings (SSSR count). The van der Waals surface area contributed by atoms with Crippen LogP contribution in [-0.2, 0) is 9.47 Å². The van der Waals surface area contributed by atoms with Crippen molar-refractivity contribution < 1.29 is 9.47 Å². The van der Waals surface area contributed by atoms with Crippen LogP contribution in [0.1, 0.15) is 26.7 Å². The summed E-state index contributed by atoms with van der Waals surface area (Å²) < 4.78 is 10.8. The number of hydrogen-bond acceptors (Lipinski definition) is 2. The molecule has 0 aromatic carbocycles. The van der Waals surface area contributed by atoms with E-state index in [-0.39, 0.29) is 5.60 Å². The number of ether oxygens (including phenoxy) is 2. The molecule has 1 saturated heterocycles. The van der Waals surface area contributed by atoms with Crippen LogP contribution in [0.25, 0.3) is 0 Å². The third kappa shape index (κ3) is 1.96. The quantitative estimate of drug-likeness (QED) is 0.599. The molecule has 0 aromatic rings. The highest BCUT2D eigenvalue weighted by molar-refractivity contribution is 4.79. The average molecular weight is 144 g/mol. The van der Waals surface area contributed by atoms with Crippen LogP contribution >= 0.6 is 0 Å². The van der Waals surface area contributed by atoms with Crippen LogP contribution in [0.15, 0.2) is 0 Å². The van der Waals surface area contributed by atoms with Crippen LogP contribution < -0.4 is 0 Å². The van der Waals surface area contributed by atoms with E-state index in [1.807, 2.05) is 0 Å². The zero-order valence-corrected chi connectivity index (χ0v) is 6.85. The third-order valence-electron chi connectivity index (χ3n) is 1.84. The minimum atomic E-state index is 0.0238. The highest BCUT2D eigenvalue weighted by Gasteiger charge is 2.29. The van der Waals surface area contributed by atoms with Crippen molar-refractivity contribution in [2.24, 2.45) is 0 Å². The van der Waals surface area contributed by atoms with Gasteiger partial charge in [-0.3, -0.25) is 0 Å². The second-order valence-electron chi connectivity index (χ2n) is 3.10. The lowest BCUT2D eigenvalue weighted by Crippen LogP contribution is -2.29. The first kappa shape index (κ1) is 8.02. The molecule has 10 heavy (non-hydrogen) atoms. The van der Waals surface area contributed by atoms with Crippen molar-refractivity contribution in [3.05, 3.63) is 0 Å². The molecule has 60 valence electrons. The SMILES string of the molecule is CCCO[C@]1(C)CCOC1. The molecule has 1 atom stereocenters. The molecular formula is C8H16O2. The Morgan fingerprint density at radius 1 is 1.60 bits per heavy atom. The van der Waals surface area contributed by atoms with Crippen LogP contribution in [0.4, 0.5) is 0 Å². The van der Waals surface area contributed by atoms with Gasteiger partial charge in [0.2, 0.25) is 0 Å². The highest BCUT2D eigenvalue weighted by Crippen LogP contribution is 2.21. The first-order chi connectivity index (χ1) is 4.77. The van der Waals surface area contributed by atoms with Crippen molar-refractivity contribution in [1.29, 1.82) is 0 Å². The van der Waals surface area contributed by atoms with Crippen LogP contribution in [0.3, 0.4) is 0 Å². The van der Waals surface area contributed by atoms with Gasteiger partial charge in [-0.15, -0.1) is 0 Å². The molecule has 1 aliphatic rings. The summed E-state index contributed by atoms with van der Waals surface area (Å²) in [4.78, 5) is 0. The van der Waals surface area contributed by atoms with Gasteiger partial charge in [0.05, 0.1) is 12.2 Å². The van der Waals surface area contributed by atoms with E-state index in [1.54, 1.807) is 0 Å².